The van der Waals surface area contributed by atoms with E-state index in [1.54, 1.807) is 18.2 Å². The predicted molar refractivity (Wildman–Crippen MR) is 125 cm³/mol. The fraction of sp³-hybridized carbons (Fsp3) is 0.273. The Labute approximate surface area is 199 Å². The van der Waals surface area contributed by atoms with E-state index in [0.717, 1.165) is 22.3 Å². The highest BCUT2D eigenvalue weighted by atomic mass is 35.5. The normalized spacial score (nSPS) is 13.7. The molecule has 1 aliphatic heterocycles. The van der Waals surface area contributed by atoms with Crippen LogP contribution in [-0.4, -0.2) is 54.8 Å². The lowest BCUT2D eigenvalue weighted by Gasteiger charge is -2.22. The summed E-state index contributed by atoms with van der Waals surface area (Å²) in [6.07, 6.45) is 0.277. The molecule has 3 aromatic rings. The van der Waals surface area contributed by atoms with Gasteiger partial charge in [-0.25, -0.2) is 13.8 Å². The van der Waals surface area contributed by atoms with Gasteiger partial charge in [0.1, 0.15) is 11.3 Å². The van der Waals surface area contributed by atoms with E-state index in [4.69, 9.17) is 0 Å². The number of nitrogens with zero attached hydrogens (tertiary/aromatic N) is 4. The number of carbonyl (C=O) groups excluding carboxylic acids is 3. The maximum absolute atomic E-state index is 14.2. The Morgan fingerprint density at radius 3 is 2.45 bits per heavy atom. The molecule has 1 aromatic heterocycles. The summed E-state index contributed by atoms with van der Waals surface area (Å²) in [6, 6.07) is 8.19. The van der Waals surface area contributed by atoms with Crippen LogP contribution in [0.4, 0.5) is 19.6 Å². The first-order chi connectivity index (χ1) is 15.2. The Morgan fingerprint density at radius 2 is 1.79 bits per heavy atom. The molecule has 0 atom stereocenters. The number of thiazole rings is 1. The van der Waals surface area contributed by atoms with Crippen LogP contribution in [0.2, 0.25) is 0 Å². The molecule has 4 rings (SSSR count). The number of rotatable bonds is 6. The van der Waals surface area contributed by atoms with Crippen molar-refractivity contribution in [1.82, 2.24) is 9.88 Å². The number of likely N-dealkylation sites (N-methyl/N-ethyl adjacent to an activating group) is 1. The average molecular weight is 495 g/mol. The van der Waals surface area contributed by atoms with E-state index in [1.807, 2.05) is 19.0 Å². The molecule has 0 spiro atoms. The highest BCUT2D eigenvalue weighted by molar-refractivity contribution is 7.22. The Kier molecular flexibility index (Phi) is 7.41. The minimum Gasteiger partial charge on any atom is -0.308 e. The van der Waals surface area contributed by atoms with E-state index >= 15 is 0 Å². The second kappa shape index (κ2) is 9.90. The van der Waals surface area contributed by atoms with E-state index in [1.165, 1.54) is 17.0 Å². The van der Waals surface area contributed by atoms with E-state index in [0.29, 0.717) is 16.9 Å². The molecule has 1 saturated heterocycles. The molecule has 11 heteroatoms. The molecule has 0 unspecified atom stereocenters. The van der Waals surface area contributed by atoms with Crippen LogP contribution in [0, 0.1) is 11.6 Å². The number of fused-ring (bicyclic) bond motifs is 1. The second-order valence-corrected chi connectivity index (χ2v) is 8.67. The summed E-state index contributed by atoms with van der Waals surface area (Å²) < 4.78 is 28.1. The van der Waals surface area contributed by atoms with Gasteiger partial charge in [0, 0.05) is 37.6 Å². The maximum atomic E-state index is 14.2. The summed E-state index contributed by atoms with van der Waals surface area (Å²) in [7, 11) is 3.70. The minimum absolute atomic E-state index is 0. The Hall–Kier alpha value is -2.95. The largest absolute Gasteiger partial charge is 0.308 e. The Balaban J connectivity index is 0.00000306. The van der Waals surface area contributed by atoms with Gasteiger partial charge in [-0.1, -0.05) is 17.4 Å². The quantitative estimate of drug-likeness (QED) is 0.486. The zero-order valence-corrected chi connectivity index (χ0v) is 19.5. The number of benzene rings is 2. The number of amides is 3. The summed E-state index contributed by atoms with van der Waals surface area (Å²) >= 11 is 1.02. The van der Waals surface area contributed by atoms with Crippen LogP contribution in [0.15, 0.2) is 36.4 Å². The lowest BCUT2D eigenvalue weighted by molar-refractivity contribution is -0.121. The van der Waals surface area contributed by atoms with Crippen LogP contribution in [-0.2, 0) is 9.59 Å². The number of hydrogen-bond acceptors (Lipinski definition) is 6. The molecule has 33 heavy (non-hydrogen) atoms. The van der Waals surface area contributed by atoms with Gasteiger partial charge in [0.15, 0.2) is 10.9 Å². The molecule has 1 fully saturated rings. The lowest BCUT2D eigenvalue weighted by Crippen LogP contribution is -2.37. The van der Waals surface area contributed by atoms with Crippen molar-refractivity contribution in [3.05, 3.63) is 53.6 Å². The second-order valence-electron chi connectivity index (χ2n) is 7.66. The van der Waals surface area contributed by atoms with Crippen LogP contribution < -0.4 is 9.80 Å². The van der Waals surface area contributed by atoms with Crippen molar-refractivity contribution >= 4 is 62.5 Å². The lowest BCUT2D eigenvalue weighted by atomic mass is 10.1. The van der Waals surface area contributed by atoms with Gasteiger partial charge in [-0.15, -0.1) is 12.4 Å². The Bertz CT molecular complexity index is 1220. The van der Waals surface area contributed by atoms with Crippen molar-refractivity contribution < 1.29 is 23.2 Å². The first-order valence-electron chi connectivity index (χ1n) is 9.92. The van der Waals surface area contributed by atoms with Crippen LogP contribution >= 0.6 is 23.7 Å². The molecule has 3 amide bonds. The van der Waals surface area contributed by atoms with Gasteiger partial charge < -0.3 is 4.90 Å². The number of halogens is 3. The van der Waals surface area contributed by atoms with Crippen LogP contribution in [0.3, 0.4) is 0 Å². The van der Waals surface area contributed by atoms with Crippen LogP contribution in [0.25, 0.3) is 10.2 Å². The monoisotopic (exact) mass is 494 g/mol. The van der Waals surface area contributed by atoms with Crippen molar-refractivity contribution in [2.45, 2.75) is 12.8 Å². The van der Waals surface area contributed by atoms with Crippen molar-refractivity contribution in [3.8, 4) is 0 Å². The SMILES string of the molecule is CN(C)CCN(C(=O)c1cccc(N2C(=O)CCC2=O)c1)c1nc2c(F)cc(F)cc2s1.Cl. The van der Waals surface area contributed by atoms with Crippen LogP contribution in [0.1, 0.15) is 23.2 Å². The topological polar surface area (TPSA) is 73.8 Å². The fourth-order valence-corrected chi connectivity index (χ4v) is 4.47. The van der Waals surface area contributed by atoms with Gasteiger partial charge in [0.05, 0.1) is 10.4 Å². The maximum Gasteiger partial charge on any atom is 0.260 e. The summed E-state index contributed by atoms with van der Waals surface area (Å²) in [6.45, 7) is 0.753. The highest BCUT2D eigenvalue weighted by Crippen LogP contribution is 2.32. The van der Waals surface area contributed by atoms with Crippen molar-refractivity contribution in [2.75, 3.05) is 37.0 Å². The van der Waals surface area contributed by atoms with E-state index in [-0.39, 0.29) is 59.8 Å². The van der Waals surface area contributed by atoms with Gasteiger partial charge >= 0.3 is 0 Å². The standard InChI is InChI=1S/C22H20F2N4O3S.ClH/c1-26(2)8-9-27(22-25-20-16(24)11-14(23)12-17(20)32-22)21(31)13-4-3-5-15(10-13)28-18(29)6-7-19(28)30;/h3-5,10-12H,6-9H2,1-2H3;1H. The summed E-state index contributed by atoms with van der Waals surface area (Å²) in [5.74, 6) is -2.56. The van der Waals surface area contributed by atoms with E-state index in [9.17, 15) is 23.2 Å². The molecule has 2 aromatic carbocycles. The van der Waals surface area contributed by atoms with Crippen molar-refractivity contribution in [1.29, 1.82) is 0 Å². The first-order valence-corrected chi connectivity index (χ1v) is 10.7. The molecular formula is C22H21ClF2N4O3S. The zero-order valence-electron chi connectivity index (χ0n) is 17.9. The molecule has 0 N–H and O–H groups in total. The first kappa shape index (κ1) is 24.7. The number of carbonyl (C=O) groups is 3. The third kappa shape index (κ3) is 5.02. The molecule has 174 valence electrons. The third-order valence-electron chi connectivity index (χ3n) is 5.05. The fourth-order valence-electron chi connectivity index (χ4n) is 3.44. The Morgan fingerprint density at radius 1 is 1.09 bits per heavy atom. The number of imide groups is 1. The van der Waals surface area contributed by atoms with Gasteiger partial charge in [0.25, 0.3) is 5.91 Å². The highest BCUT2D eigenvalue weighted by Gasteiger charge is 2.31. The molecular weight excluding hydrogens is 474 g/mol. The molecule has 1 aliphatic rings. The molecule has 0 aliphatic carbocycles. The van der Waals surface area contributed by atoms with Gasteiger partial charge in [-0.3, -0.25) is 24.2 Å². The molecule has 7 nitrogen and oxygen atoms in total. The van der Waals surface area contributed by atoms with Crippen molar-refractivity contribution in [3.63, 3.8) is 0 Å². The number of hydrogen-bond donors (Lipinski definition) is 0. The van der Waals surface area contributed by atoms with Gasteiger partial charge in [-0.2, -0.15) is 0 Å². The smallest absolute Gasteiger partial charge is 0.260 e. The minimum atomic E-state index is -0.796. The molecule has 0 bridgehead atoms. The molecule has 0 radical (unpaired) electrons. The van der Waals surface area contributed by atoms with Gasteiger partial charge in [-0.05, 0) is 38.4 Å². The average Bonchev–Trinajstić information content (AvgIpc) is 3.31. The molecule has 0 saturated carbocycles. The van der Waals surface area contributed by atoms with E-state index < -0.39 is 17.5 Å². The zero-order chi connectivity index (χ0) is 23.0. The van der Waals surface area contributed by atoms with Crippen molar-refractivity contribution in [2.24, 2.45) is 0 Å². The predicted octanol–water partition coefficient (Wildman–Crippen LogP) is 3.86. The summed E-state index contributed by atoms with van der Waals surface area (Å²) in [4.78, 5) is 46.2. The number of anilines is 2. The summed E-state index contributed by atoms with van der Waals surface area (Å²) in [5.41, 5.74) is 0.573. The third-order valence-corrected chi connectivity index (χ3v) is 6.08. The molecule has 2 heterocycles. The van der Waals surface area contributed by atoms with Gasteiger partial charge in [0.2, 0.25) is 11.8 Å². The van der Waals surface area contributed by atoms with Crippen LogP contribution in [0.5, 0.6) is 0 Å². The van der Waals surface area contributed by atoms with E-state index in [2.05, 4.69) is 4.98 Å². The summed E-state index contributed by atoms with van der Waals surface area (Å²) in [5, 5.41) is 0.232. The number of aromatic nitrogens is 1.